The van der Waals surface area contributed by atoms with Crippen molar-refractivity contribution in [2.24, 2.45) is 0 Å². The maximum absolute atomic E-state index is 14.1. The lowest BCUT2D eigenvalue weighted by Gasteiger charge is -2.43. The van der Waals surface area contributed by atoms with Crippen LogP contribution in [0.4, 0.5) is 60.0 Å². The number of rotatable bonds is 9. The van der Waals surface area contributed by atoms with E-state index in [1.807, 2.05) is 0 Å². The van der Waals surface area contributed by atoms with Crippen LogP contribution in [0.5, 0.6) is 5.75 Å². The lowest BCUT2D eigenvalue weighted by atomic mass is 9.90. The summed E-state index contributed by atoms with van der Waals surface area (Å²) in [6.07, 6.45) is -2.95. The standard InChI is InChI=1S/C34H43F6N9O3/c1-21(35)30(50)42-25-16-26(28(52-3)17-27(25)47-10-6-23(7-11-47)46-14-12-45(2)13-15-46)43-31-41-18-22-19-48(20-34(38,39)40)32(51)49(29(22)44-31)24-4-8-33(36,37)9-5-24/h16-18,23-24H,1,4-15,19-20H2,2-3H3,(H,42,50)(H,41,43,44). The van der Waals surface area contributed by atoms with Crippen LogP contribution in [0, 0.1) is 0 Å². The highest BCUT2D eigenvalue weighted by molar-refractivity contribution is 6.04. The maximum atomic E-state index is 14.1. The smallest absolute Gasteiger partial charge is 0.406 e. The lowest BCUT2D eigenvalue weighted by Crippen LogP contribution is -2.55. The van der Waals surface area contributed by atoms with Crippen molar-refractivity contribution in [1.29, 1.82) is 0 Å². The Labute approximate surface area is 297 Å². The molecule has 2 saturated heterocycles. The van der Waals surface area contributed by atoms with Crippen LogP contribution in [-0.4, -0.2) is 121 Å². The largest absolute Gasteiger partial charge is 0.494 e. The van der Waals surface area contributed by atoms with Gasteiger partial charge in [-0.1, -0.05) is 6.58 Å². The van der Waals surface area contributed by atoms with Gasteiger partial charge in [-0.05, 0) is 38.8 Å². The van der Waals surface area contributed by atoms with Gasteiger partial charge in [0.1, 0.15) is 18.1 Å². The molecule has 1 saturated carbocycles. The molecule has 3 amide bonds. The fourth-order valence-corrected chi connectivity index (χ4v) is 7.41. The zero-order valence-corrected chi connectivity index (χ0v) is 29.1. The van der Waals surface area contributed by atoms with E-state index in [0.717, 1.165) is 43.9 Å². The fourth-order valence-electron chi connectivity index (χ4n) is 7.41. The summed E-state index contributed by atoms with van der Waals surface area (Å²) in [6.45, 7) is 6.49. The lowest BCUT2D eigenvalue weighted by molar-refractivity contribution is -0.141. The van der Waals surface area contributed by atoms with E-state index in [1.54, 1.807) is 6.07 Å². The molecule has 284 valence electrons. The molecule has 6 rings (SSSR count). The first-order valence-electron chi connectivity index (χ1n) is 17.3. The number of carbonyl (C=O) groups is 2. The number of nitrogens with one attached hydrogen (secondary N) is 2. The molecule has 0 atom stereocenters. The van der Waals surface area contributed by atoms with Crippen molar-refractivity contribution in [2.75, 3.05) is 80.4 Å². The number of likely N-dealkylation sites (N-methyl/N-ethyl adjacent to an activating group) is 1. The van der Waals surface area contributed by atoms with E-state index in [0.29, 0.717) is 35.5 Å². The second-order valence-electron chi connectivity index (χ2n) is 13.9. The number of urea groups is 1. The summed E-state index contributed by atoms with van der Waals surface area (Å²) in [5, 5.41) is 5.59. The van der Waals surface area contributed by atoms with Crippen LogP contribution in [0.25, 0.3) is 0 Å². The number of carbonyl (C=O) groups excluding carboxylic acids is 2. The molecule has 0 bridgehead atoms. The van der Waals surface area contributed by atoms with Gasteiger partial charge in [-0.3, -0.25) is 14.6 Å². The molecule has 2 aromatic rings. The number of alkyl halides is 5. The molecule has 0 radical (unpaired) electrons. The van der Waals surface area contributed by atoms with Crippen LogP contribution < -0.4 is 25.2 Å². The van der Waals surface area contributed by atoms with Crippen molar-refractivity contribution < 1.29 is 40.7 Å². The van der Waals surface area contributed by atoms with Crippen molar-refractivity contribution in [3.8, 4) is 5.75 Å². The average molecular weight is 740 g/mol. The molecule has 1 aromatic heterocycles. The van der Waals surface area contributed by atoms with Crippen molar-refractivity contribution in [3.63, 3.8) is 0 Å². The minimum Gasteiger partial charge on any atom is -0.494 e. The Morgan fingerprint density at radius 2 is 1.69 bits per heavy atom. The molecule has 4 heterocycles. The topological polar surface area (TPSA) is 109 Å². The summed E-state index contributed by atoms with van der Waals surface area (Å²) in [7, 11) is 3.55. The van der Waals surface area contributed by atoms with Crippen molar-refractivity contribution >= 4 is 40.8 Å². The van der Waals surface area contributed by atoms with Crippen LogP contribution in [0.1, 0.15) is 44.1 Å². The number of methoxy groups -OCH3 is 1. The van der Waals surface area contributed by atoms with E-state index >= 15 is 0 Å². The highest BCUT2D eigenvalue weighted by atomic mass is 19.4. The van der Waals surface area contributed by atoms with Gasteiger partial charge in [0.2, 0.25) is 11.9 Å². The number of ether oxygens (including phenoxy) is 1. The number of piperidine rings is 1. The highest BCUT2D eigenvalue weighted by Crippen LogP contribution is 2.42. The second-order valence-corrected chi connectivity index (χ2v) is 13.9. The number of hydrogen-bond donors (Lipinski definition) is 2. The molecule has 2 N–H and O–H groups in total. The SMILES string of the molecule is C=C(F)C(=O)Nc1cc(Nc2ncc3c(n2)N(C2CCC(F)(F)CC2)C(=O)N(CC(F)(F)F)C3)c(OC)cc1N1CCC(N2CCN(C)CC2)CC1. The predicted molar refractivity (Wildman–Crippen MR) is 183 cm³/mol. The van der Waals surface area contributed by atoms with Gasteiger partial charge < -0.3 is 30.1 Å². The molecule has 1 aromatic carbocycles. The number of amides is 3. The van der Waals surface area contributed by atoms with E-state index in [9.17, 15) is 35.9 Å². The Kier molecular flexibility index (Phi) is 10.8. The number of fused-ring (bicyclic) bond motifs is 1. The zero-order valence-electron chi connectivity index (χ0n) is 29.1. The van der Waals surface area contributed by atoms with Gasteiger partial charge >= 0.3 is 12.2 Å². The Bertz CT molecular complexity index is 1650. The van der Waals surface area contributed by atoms with Crippen LogP contribution >= 0.6 is 0 Å². The van der Waals surface area contributed by atoms with Crippen LogP contribution in [0.3, 0.4) is 0 Å². The van der Waals surface area contributed by atoms with E-state index in [4.69, 9.17) is 4.74 Å². The molecular formula is C34H43F6N9O3. The monoisotopic (exact) mass is 739 g/mol. The van der Waals surface area contributed by atoms with Crippen LogP contribution in [0.15, 0.2) is 30.7 Å². The van der Waals surface area contributed by atoms with Crippen molar-refractivity contribution in [3.05, 3.63) is 36.3 Å². The summed E-state index contributed by atoms with van der Waals surface area (Å²) >= 11 is 0. The third-order valence-electron chi connectivity index (χ3n) is 10.2. The van der Waals surface area contributed by atoms with E-state index in [2.05, 4.69) is 48.9 Å². The van der Waals surface area contributed by atoms with Gasteiger partial charge in [-0.25, -0.2) is 22.9 Å². The second kappa shape index (κ2) is 15.0. The number of aromatic nitrogens is 2. The number of anilines is 5. The van der Waals surface area contributed by atoms with Gasteiger partial charge in [-0.15, -0.1) is 0 Å². The third kappa shape index (κ3) is 8.48. The molecule has 4 aliphatic rings. The zero-order chi connectivity index (χ0) is 37.4. The Balaban J connectivity index is 1.28. The first kappa shape index (κ1) is 37.4. The van der Waals surface area contributed by atoms with Crippen LogP contribution in [0.2, 0.25) is 0 Å². The maximum Gasteiger partial charge on any atom is 0.406 e. The Morgan fingerprint density at radius 1 is 1.02 bits per heavy atom. The minimum absolute atomic E-state index is 0.0113. The van der Waals surface area contributed by atoms with Crippen molar-refractivity contribution in [1.82, 2.24) is 24.7 Å². The number of halogens is 6. The molecule has 3 fully saturated rings. The predicted octanol–water partition coefficient (Wildman–Crippen LogP) is 5.75. The molecule has 18 heteroatoms. The average Bonchev–Trinajstić information content (AvgIpc) is 3.09. The first-order chi connectivity index (χ1) is 24.6. The van der Waals surface area contributed by atoms with Gasteiger partial charge in [-0.2, -0.15) is 18.2 Å². The quantitative estimate of drug-likeness (QED) is 0.246. The number of benzene rings is 1. The van der Waals surface area contributed by atoms with Gasteiger partial charge in [0.05, 0.1) is 30.7 Å². The summed E-state index contributed by atoms with van der Waals surface area (Å²) in [5.74, 6) is -4.91. The summed E-state index contributed by atoms with van der Waals surface area (Å²) in [5.41, 5.74) is 1.31. The normalized spacial score (nSPS) is 20.8. The van der Waals surface area contributed by atoms with Gasteiger partial charge in [0.25, 0.3) is 5.91 Å². The number of piperazine rings is 1. The third-order valence-corrected chi connectivity index (χ3v) is 10.2. The molecular weight excluding hydrogens is 696 g/mol. The Morgan fingerprint density at radius 3 is 2.31 bits per heavy atom. The highest BCUT2D eigenvalue weighted by Gasteiger charge is 2.45. The number of hydrogen-bond acceptors (Lipinski definition) is 9. The molecule has 12 nitrogen and oxygen atoms in total. The minimum atomic E-state index is -4.69. The number of nitrogens with zero attached hydrogens (tertiary/aromatic N) is 7. The van der Waals surface area contributed by atoms with E-state index < -0.39 is 61.8 Å². The van der Waals surface area contributed by atoms with Crippen LogP contribution in [-0.2, 0) is 11.3 Å². The molecule has 3 aliphatic heterocycles. The summed E-state index contributed by atoms with van der Waals surface area (Å²) in [4.78, 5) is 43.4. The van der Waals surface area contributed by atoms with Gasteiger partial charge in [0, 0.05) is 82.0 Å². The Hall–Kier alpha value is -4.32. The van der Waals surface area contributed by atoms with E-state index in [1.165, 1.54) is 19.4 Å². The molecule has 0 spiro atoms. The van der Waals surface area contributed by atoms with Gasteiger partial charge in [0.15, 0.2) is 5.83 Å². The van der Waals surface area contributed by atoms with Crippen molar-refractivity contribution in [2.45, 2.75) is 69.3 Å². The molecule has 52 heavy (non-hydrogen) atoms. The van der Waals surface area contributed by atoms with E-state index in [-0.39, 0.29) is 41.5 Å². The first-order valence-corrected chi connectivity index (χ1v) is 17.3. The summed E-state index contributed by atoms with van der Waals surface area (Å²) in [6, 6.07) is 1.84. The summed E-state index contributed by atoms with van der Waals surface area (Å²) < 4.78 is 88.0. The molecule has 1 aliphatic carbocycles. The fraction of sp³-hybridized carbons (Fsp3) is 0.588. The molecule has 0 unspecified atom stereocenters.